The van der Waals surface area contributed by atoms with E-state index in [1.165, 1.54) is 25.6 Å². The van der Waals surface area contributed by atoms with Gasteiger partial charge in [-0.3, -0.25) is 4.79 Å². The Morgan fingerprint density at radius 2 is 1.81 bits per heavy atom. The summed E-state index contributed by atoms with van der Waals surface area (Å²) in [6.07, 6.45) is 0. The predicted molar refractivity (Wildman–Crippen MR) is 100 cm³/mol. The zero-order valence-corrected chi connectivity index (χ0v) is 16.5. The normalized spacial score (nSPS) is 11.4. The number of hydrogen-bond acceptors (Lipinski definition) is 6. The third-order valence-corrected chi connectivity index (χ3v) is 6.67. The molecule has 0 saturated heterocycles. The van der Waals surface area contributed by atoms with Crippen LogP contribution in [0, 0.1) is 13.8 Å². The van der Waals surface area contributed by atoms with Crippen LogP contribution in [-0.2, 0) is 19.6 Å². The number of aryl methyl sites for hydroxylation is 2. The minimum Gasteiger partial charge on any atom is -0.465 e. The van der Waals surface area contributed by atoms with Gasteiger partial charge in [0.25, 0.3) is 0 Å². The summed E-state index contributed by atoms with van der Waals surface area (Å²) in [6, 6.07) is 6.92. The van der Waals surface area contributed by atoms with Crippen molar-refractivity contribution < 1.29 is 22.7 Å². The number of sulfonamides is 1. The third-order valence-electron chi connectivity index (χ3n) is 3.80. The van der Waals surface area contributed by atoms with Crippen LogP contribution in [0.5, 0.6) is 0 Å². The molecule has 2 rings (SSSR count). The molecule has 2 aromatic rings. The van der Waals surface area contributed by atoms with Crippen LogP contribution in [0.15, 0.2) is 34.5 Å². The molecule has 0 spiro atoms. The standard InChI is InChI=1S/C17H20N2O5S2/c1-11-6-5-7-12(2)15(11)18-14(20)10-19(3)26(22,23)13-8-9-25-16(13)17(21)24-4/h5-9H,10H2,1-4H3,(H,18,20). The number of ether oxygens (including phenoxy) is 1. The summed E-state index contributed by atoms with van der Waals surface area (Å²) >= 11 is 0.971. The number of amides is 1. The Labute approximate surface area is 156 Å². The number of carbonyl (C=O) groups excluding carboxylic acids is 2. The van der Waals surface area contributed by atoms with Crippen LogP contribution < -0.4 is 5.32 Å². The van der Waals surface area contributed by atoms with Crippen LogP contribution in [0.4, 0.5) is 5.69 Å². The van der Waals surface area contributed by atoms with Crippen LogP contribution in [0.2, 0.25) is 0 Å². The van der Waals surface area contributed by atoms with Gasteiger partial charge in [-0.05, 0) is 36.4 Å². The fourth-order valence-corrected chi connectivity index (χ4v) is 4.82. The predicted octanol–water partition coefficient (Wildman–Crippen LogP) is 2.41. The van der Waals surface area contributed by atoms with Gasteiger partial charge < -0.3 is 10.1 Å². The maximum Gasteiger partial charge on any atom is 0.349 e. The molecule has 1 aromatic carbocycles. The maximum atomic E-state index is 12.7. The van der Waals surface area contributed by atoms with Gasteiger partial charge in [-0.15, -0.1) is 11.3 Å². The molecule has 0 radical (unpaired) electrons. The smallest absolute Gasteiger partial charge is 0.349 e. The Hall–Kier alpha value is -2.23. The fourth-order valence-electron chi connectivity index (χ4n) is 2.39. The molecule has 0 atom stereocenters. The molecular formula is C17H20N2O5S2. The number of nitrogens with one attached hydrogen (secondary N) is 1. The van der Waals surface area contributed by atoms with Crippen molar-refractivity contribution in [2.45, 2.75) is 18.7 Å². The molecular weight excluding hydrogens is 376 g/mol. The van der Waals surface area contributed by atoms with E-state index in [-0.39, 0.29) is 16.3 Å². The first-order chi connectivity index (χ1) is 12.2. The monoisotopic (exact) mass is 396 g/mol. The molecule has 0 unspecified atom stereocenters. The van der Waals surface area contributed by atoms with E-state index >= 15 is 0 Å². The highest BCUT2D eigenvalue weighted by atomic mass is 32.2. The largest absolute Gasteiger partial charge is 0.465 e. The summed E-state index contributed by atoms with van der Waals surface area (Å²) < 4.78 is 30.9. The third kappa shape index (κ3) is 4.12. The van der Waals surface area contributed by atoms with Crippen LogP contribution in [0.3, 0.4) is 0 Å². The molecule has 1 aromatic heterocycles. The van der Waals surface area contributed by atoms with Crippen molar-refractivity contribution in [2.75, 3.05) is 26.0 Å². The molecule has 0 aliphatic rings. The highest BCUT2D eigenvalue weighted by Gasteiger charge is 2.29. The Kier molecular flexibility index (Phi) is 6.17. The number of thiophene rings is 1. The van der Waals surface area contributed by atoms with Crippen molar-refractivity contribution in [3.05, 3.63) is 45.6 Å². The van der Waals surface area contributed by atoms with E-state index in [2.05, 4.69) is 10.1 Å². The van der Waals surface area contributed by atoms with Gasteiger partial charge in [0.05, 0.1) is 13.7 Å². The average Bonchev–Trinajstić information content (AvgIpc) is 3.08. The highest BCUT2D eigenvalue weighted by Crippen LogP contribution is 2.25. The molecule has 1 heterocycles. The number of carbonyl (C=O) groups is 2. The van der Waals surface area contributed by atoms with E-state index < -0.39 is 21.9 Å². The van der Waals surface area contributed by atoms with Gasteiger partial charge in [0, 0.05) is 12.7 Å². The lowest BCUT2D eigenvalue weighted by atomic mass is 10.1. The lowest BCUT2D eigenvalue weighted by Gasteiger charge is -2.18. The van der Waals surface area contributed by atoms with E-state index in [1.807, 2.05) is 32.0 Å². The number of nitrogens with zero attached hydrogens (tertiary/aromatic N) is 1. The van der Waals surface area contributed by atoms with E-state index in [1.54, 1.807) is 0 Å². The summed E-state index contributed by atoms with van der Waals surface area (Å²) in [5.41, 5.74) is 2.43. The Bertz CT molecular complexity index is 914. The van der Waals surface area contributed by atoms with Crippen LogP contribution in [0.25, 0.3) is 0 Å². The molecule has 9 heteroatoms. The van der Waals surface area contributed by atoms with Crippen molar-refractivity contribution >= 4 is 38.9 Å². The summed E-state index contributed by atoms with van der Waals surface area (Å²) in [7, 11) is -1.54. The first-order valence-corrected chi connectivity index (χ1v) is 9.98. The topological polar surface area (TPSA) is 92.8 Å². The van der Waals surface area contributed by atoms with Crippen molar-refractivity contribution in [2.24, 2.45) is 0 Å². The zero-order chi connectivity index (χ0) is 19.5. The molecule has 0 bridgehead atoms. The first kappa shape index (κ1) is 20.1. The molecule has 26 heavy (non-hydrogen) atoms. The molecule has 140 valence electrons. The van der Waals surface area contributed by atoms with Crippen LogP contribution in [0.1, 0.15) is 20.8 Å². The molecule has 1 amide bonds. The van der Waals surface area contributed by atoms with Gasteiger partial charge in [0.15, 0.2) is 0 Å². The number of likely N-dealkylation sites (N-methyl/N-ethyl adjacent to an activating group) is 1. The van der Waals surface area contributed by atoms with Gasteiger partial charge in [-0.2, -0.15) is 4.31 Å². The van der Waals surface area contributed by atoms with Crippen molar-refractivity contribution in [1.82, 2.24) is 4.31 Å². The number of hydrogen-bond donors (Lipinski definition) is 1. The van der Waals surface area contributed by atoms with E-state index in [4.69, 9.17) is 0 Å². The summed E-state index contributed by atoms with van der Waals surface area (Å²) in [5, 5.41) is 4.23. The Balaban J connectivity index is 2.18. The van der Waals surface area contributed by atoms with Gasteiger partial charge in [-0.1, -0.05) is 18.2 Å². The van der Waals surface area contributed by atoms with Gasteiger partial charge >= 0.3 is 5.97 Å². The quantitative estimate of drug-likeness (QED) is 0.757. The van der Waals surface area contributed by atoms with E-state index in [0.29, 0.717) is 5.69 Å². The minimum absolute atomic E-state index is 0.0190. The first-order valence-electron chi connectivity index (χ1n) is 7.66. The van der Waals surface area contributed by atoms with Crippen LogP contribution in [-0.4, -0.2) is 45.3 Å². The molecule has 0 aliphatic heterocycles. The maximum absolute atomic E-state index is 12.7. The van der Waals surface area contributed by atoms with Gasteiger partial charge in [0.2, 0.25) is 15.9 Å². The number of rotatable bonds is 6. The second-order valence-corrected chi connectivity index (χ2v) is 8.61. The Morgan fingerprint density at radius 1 is 1.19 bits per heavy atom. The number of benzene rings is 1. The van der Waals surface area contributed by atoms with Gasteiger partial charge in [0.1, 0.15) is 9.77 Å². The molecule has 0 fully saturated rings. The minimum atomic E-state index is -4.01. The number of anilines is 1. The number of para-hydroxylation sites is 1. The highest BCUT2D eigenvalue weighted by molar-refractivity contribution is 7.89. The van der Waals surface area contributed by atoms with Gasteiger partial charge in [-0.25, -0.2) is 13.2 Å². The Morgan fingerprint density at radius 3 is 2.38 bits per heavy atom. The average molecular weight is 396 g/mol. The summed E-state index contributed by atoms with van der Waals surface area (Å²) in [5.74, 6) is -1.20. The SMILES string of the molecule is COC(=O)c1sccc1S(=O)(=O)N(C)CC(=O)Nc1c(C)cccc1C. The molecule has 0 aliphatic carbocycles. The van der Waals surface area contributed by atoms with Crippen LogP contribution >= 0.6 is 11.3 Å². The van der Waals surface area contributed by atoms with E-state index in [9.17, 15) is 18.0 Å². The fraction of sp³-hybridized carbons (Fsp3) is 0.294. The zero-order valence-electron chi connectivity index (χ0n) is 14.9. The van der Waals surface area contributed by atoms with Crippen molar-refractivity contribution in [3.8, 4) is 0 Å². The molecule has 1 N–H and O–H groups in total. The molecule has 0 saturated carbocycles. The van der Waals surface area contributed by atoms with E-state index in [0.717, 1.165) is 26.8 Å². The lowest BCUT2D eigenvalue weighted by Crippen LogP contribution is -2.35. The second kappa shape index (κ2) is 7.98. The van der Waals surface area contributed by atoms with Crippen molar-refractivity contribution in [1.29, 1.82) is 0 Å². The second-order valence-electron chi connectivity index (χ2n) is 5.68. The lowest BCUT2D eigenvalue weighted by molar-refractivity contribution is -0.116. The number of esters is 1. The van der Waals surface area contributed by atoms with Crippen molar-refractivity contribution in [3.63, 3.8) is 0 Å². The molecule has 7 nitrogen and oxygen atoms in total. The number of methoxy groups -OCH3 is 1. The summed E-state index contributed by atoms with van der Waals surface area (Å²) in [6.45, 7) is 3.33. The summed E-state index contributed by atoms with van der Waals surface area (Å²) in [4.78, 5) is 23.9.